The smallest absolute Gasteiger partial charge is 0.262 e. The second kappa shape index (κ2) is 8.80. The number of rotatable bonds is 7. The fourth-order valence-corrected chi connectivity index (χ4v) is 2.52. The molecule has 0 fully saturated rings. The van der Waals surface area contributed by atoms with Crippen LogP contribution in [0.5, 0.6) is 11.6 Å². The van der Waals surface area contributed by atoms with E-state index in [1.165, 1.54) is 0 Å². The quantitative estimate of drug-likeness (QED) is 0.692. The summed E-state index contributed by atoms with van der Waals surface area (Å²) in [6.45, 7) is 1.85. The SMILES string of the molecule is CCc1cc(OCC(=O)Nc2ccccc2OC)nc(-c2ccccc2)n1. The third-order valence-electron chi connectivity index (χ3n) is 3.88. The zero-order valence-corrected chi connectivity index (χ0v) is 15.3. The second-order valence-corrected chi connectivity index (χ2v) is 5.78. The summed E-state index contributed by atoms with van der Waals surface area (Å²) in [6.07, 6.45) is 0.742. The van der Waals surface area contributed by atoms with Gasteiger partial charge in [-0.05, 0) is 18.6 Å². The number of hydrogen-bond acceptors (Lipinski definition) is 5. The van der Waals surface area contributed by atoms with Crippen molar-refractivity contribution in [1.82, 2.24) is 9.97 Å². The summed E-state index contributed by atoms with van der Waals surface area (Å²) in [7, 11) is 1.56. The first kappa shape index (κ1) is 18.4. The number of aromatic nitrogens is 2. The van der Waals surface area contributed by atoms with Gasteiger partial charge in [-0.25, -0.2) is 4.98 Å². The number of benzene rings is 2. The lowest BCUT2D eigenvalue weighted by Crippen LogP contribution is -2.21. The van der Waals surface area contributed by atoms with E-state index < -0.39 is 0 Å². The number of aryl methyl sites for hydroxylation is 1. The molecule has 0 aliphatic heterocycles. The predicted molar refractivity (Wildman–Crippen MR) is 104 cm³/mol. The van der Waals surface area contributed by atoms with Crippen LogP contribution >= 0.6 is 0 Å². The predicted octanol–water partition coefficient (Wildman–Crippen LogP) is 3.73. The molecule has 1 N–H and O–H groups in total. The number of para-hydroxylation sites is 2. The molecule has 0 atom stereocenters. The van der Waals surface area contributed by atoms with Crippen LogP contribution in [0.3, 0.4) is 0 Å². The second-order valence-electron chi connectivity index (χ2n) is 5.78. The molecular weight excluding hydrogens is 342 g/mol. The van der Waals surface area contributed by atoms with Gasteiger partial charge in [0.05, 0.1) is 12.8 Å². The Labute approximate surface area is 158 Å². The van der Waals surface area contributed by atoms with Crippen LogP contribution in [0.25, 0.3) is 11.4 Å². The highest BCUT2D eigenvalue weighted by molar-refractivity contribution is 5.93. The Morgan fingerprint density at radius 2 is 1.78 bits per heavy atom. The molecule has 0 saturated heterocycles. The van der Waals surface area contributed by atoms with Crippen LogP contribution in [-0.2, 0) is 11.2 Å². The van der Waals surface area contributed by atoms with Crippen LogP contribution < -0.4 is 14.8 Å². The van der Waals surface area contributed by atoms with Gasteiger partial charge in [0.1, 0.15) is 5.75 Å². The molecule has 2 aromatic carbocycles. The van der Waals surface area contributed by atoms with E-state index in [1.807, 2.05) is 49.4 Å². The van der Waals surface area contributed by atoms with Gasteiger partial charge in [-0.3, -0.25) is 4.79 Å². The average Bonchev–Trinajstić information content (AvgIpc) is 2.73. The highest BCUT2D eigenvalue weighted by Gasteiger charge is 2.11. The molecule has 0 saturated carbocycles. The van der Waals surface area contributed by atoms with Crippen molar-refractivity contribution in [2.75, 3.05) is 19.0 Å². The highest BCUT2D eigenvalue weighted by Crippen LogP contribution is 2.23. The van der Waals surface area contributed by atoms with Gasteiger partial charge in [-0.15, -0.1) is 0 Å². The molecule has 1 heterocycles. The van der Waals surface area contributed by atoms with Crippen LogP contribution in [-0.4, -0.2) is 29.6 Å². The Morgan fingerprint density at radius 1 is 1.04 bits per heavy atom. The zero-order valence-electron chi connectivity index (χ0n) is 15.3. The zero-order chi connectivity index (χ0) is 19.1. The van der Waals surface area contributed by atoms with Crippen molar-refractivity contribution in [3.63, 3.8) is 0 Å². The van der Waals surface area contributed by atoms with E-state index in [0.717, 1.165) is 17.7 Å². The van der Waals surface area contributed by atoms with Gasteiger partial charge in [0.25, 0.3) is 5.91 Å². The molecule has 0 aliphatic rings. The number of anilines is 1. The standard InChI is InChI=1S/C21H21N3O3/c1-3-16-13-20(24-21(22-16)15-9-5-4-6-10-15)27-14-19(25)23-17-11-7-8-12-18(17)26-2/h4-13H,3,14H2,1-2H3,(H,23,25). The van der Waals surface area contributed by atoms with Crippen molar-refractivity contribution in [2.45, 2.75) is 13.3 Å². The molecule has 6 heteroatoms. The van der Waals surface area contributed by atoms with Crippen LogP contribution in [0.4, 0.5) is 5.69 Å². The number of ether oxygens (including phenoxy) is 2. The molecule has 6 nitrogen and oxygen atoms in total. The van der Waals surface area contributed by atoms with Gasteiger partial charge in [0, 0.05) is 17.3 Å². The van der Waals surface area contributed by atoms with Crippen LogP contribution in [0.1, 0.15) is 12.6 Å². The number of carbonyl (C=O) groups is 1. The maximum Gasteiger partial charge on any atom is 0.262 e. The molecule has 0 aliphatic carbocycles. The number of nitrogens with one attached hydrogen (secondary N) is 1. The Kier molecular flexibility index (Phi) is 5.99. The van der Waals surface area contributed by atoms with Gasteiger partial charge in [0.2, 0.25) is 5.88 Å². The summed E-state index contributed by atoms with van der Waals surface area (Å²) < 4.78 is 10.8. The van der Waals surface area contributed by atoms with Crippen LogP contribution in [0, 0.1) is 0 Å². The van der Waals surface area contributed by atoms with E-state index >= 15 is 0 Å². The maximum atomic E-state index is 12.2. The molecule has 0 unspecified atom stereocenters. The fraction of sp³-hybridized carbons (Fsp3) is 0.190. The lowest BCUT2D eigenvalue weighted by Gasteiger charge is -2.11. The number of methoxy groups -OCH3 is 1. The van der Waals surface area contributed by atoms with Crippen molar-refractivity contribution in [1.29, 1.82) is 0 Å². The molecule has 3 rings (SSSR count). The van der Waals surface area contributed by atoms with E-state index in [9.17, 15) is 4.79 Å². The Balaban J connectivity index is 1.71. The highest BCUT2D eigenvalue weighted by atomic mass is 16.5. The van der Waals surface area contributed by atoms with E-state index in [-0.39, 0.29) is 12.5 Å². The third-order valence-corrected chi connectivity index (χ3v) is 3.88. The third kappa shape index (κ3) is 4.82. The van der Waals surface area contributed by atoms with Crippen molar-refractivity contribution in [3.8, 4) is 23.0 Å². The molecule has 1 amide bonds. The number of carbonyl (C=O) groups excluding carboxylic acids is 1. The van der Waals surface area contributed by atoms with Crippen molar-refractivity contribution < 1.29 is 14.3 Å². The first-order chi connectivity index (χ1) is 13.2. The normalized spacial score (nSPS) is 10.3. The van der Waals surface area contributed by atoms with Crippen molar-refractivity contribution in [3.05, 3.63) is 66.4 Å². The Bertz CT molecular complexity index is 914. The number of hydrogen-bond donors (Lipinski definition) is 1. The summed E-state index contributed by atoms with van der Waals surface area (Å²) in [5.41, 5.74) is 2.34. The summed E-state index contributed by atoms with van der Waals surface area (Å²) in [6, 6.07) is 18.6. The molecule has 1 aromatic heterocycles. The van der Waals surface area contributed by atoms with Crippen LogP contribution in [0.15, 0.2) is 60.7 Å². The largest absolute Gasteiger partial charge is 0.495 e. The van der Waals surface area contributed by atoms with Gasteiger partial charge in [-0.2, -0.15) is 4.98 Å². The molecule has 0 spiro atoms. The lowest BCUT2D eigenvalue weighted by atomic mass is 10.2. The first-order valence-electron chi connectivity index (χ1n) is 8.68. The number of nitrogens with zero attached hydrogens (tertiary/aromatic N) is 2. The van der Waals surface area contributed by atoms with E-state index in [0.29, 0.717) is 23.1 Å². The molecule has 0 bridgehead atoms. The Hall–Kier alpha value is -3.41. The lowest BCUT2D eigenvalue weighted by molar-refractivity contribution is -0.118. The topological polar surface area (TPSA) is 73.3 Å². The monoisotopic (exact) mass is 363 g/mol. The summed E-state index contributed by atoms with van der Waals surface area (Å²) in [4.78, 5) is 21.2. The molecule has 0 radical (unpaired) electrons. The maximum absolute atomic E-state index is 12.2. The van der Waals surface area contributed by atoms with Gasteiger partial charge < -0.3 is 14.8 Å². The summed E-state index contributed by atoms with van der Waals surface area (Å²) >= 11 is 0. The molecule has 3 aromatic rings. The van der Waals surface area contributed by atoms with Crippen molar-refractivity contribution >= 4 is 11.6 Å². The van der Waals surface area contributed by atoms with Crippen molar-refractivity contribution in [2.24, 2.45) is 0 Å². The minimum atomic E-state index is -0.294. The number of amides is 1. The average molecular weight is 363 g/mol. The Morgan fingerprint density at radius 3 is 2.52 bits per heavy atom. The molecule has 27 heavy (non-hydrogen) atoms. The minimum absolute atomic E-state index is 0.160. The fourth-order valence-electron chi connectivity index (χ4n) is 2.52. The van der Waals surface area contributed by atoms with E-state index in [1.54, 1.807) is 25.3 Å². The van der Waals surface area contributed by atoms with Gasteiger partial charge >= 0.3 is 0 Å². The van der Waals surface area contributed by atoms with E-state index in [4.69, 9.17) is 9.47 Å². The van der Waals surface area contributed by atoms with E-state index in [2.05, 4.69) is 15.3 Å². The van der Waals surface area contributed by atoms with Crippen LogP contribution in [0.2, 0.25) is 0 Å². The summed E-state index contributed by atoms with van der Waals surface area (Å²) in [5.74, 6) is 1.25. The molecule has 138 valence electrons. The van der Waals surface area contributed by atoms with Gasteiger partial charge in [0.15, 0.2) is 12.4 Å². The first-order valence-corrected chi connectivity index (χ1v) is 8.68. The summed E-state index contributed by atoms with van der Waals surface area (Å²) in [5, 5.41) is 2.77. The molecular formula is C21H21N3O3. The minimum Gasteiger partial charge on any atom is -0.495 e. The van der Waals surface area contributed by atoms with Gasteiger partial charge in [-0.1, -0.05) is 49.4 Å².